The lowest BCUT2D eigenvalue weighted by atomic mass is 10.1. The lowest BCUT2D eigenvalue weighted by molar-refractivity contribution is 0.347. The number of hydrogen-bond donors (Lipinski definition) is 0. The van der Waals surface area contributed by atoms with Crippen molar-refractivity contribution in [2.24, 2.45) is 0 Å². The van der Waals surface area contributed by atoms with Gasteiger partial charge in [0.1, 0.15) is 0 Å². The van der Waals surface area contributed by atoms with Gasteiger partial charge in [0.15, 0.2) is 0 Å². The summed E-state index contributed by atoms with van der Waals surface area (Å²) in [6.07, 6.45) is 5.30. The van der Waals surface area contributed by atoms with Crippen LogP contribution in [-0.2, 0) is 0 Å². The first-order chi connectivity index (χ1) is 6.11. The molecule has 0 aromatic rings. The van der Waals surface area contributed by atoms with E-state index in [0.717, 1.165) is 14.9 Å². The Balaban J connectivity index is 3.77. The van der Waals surface area contributed by atoms with E-state index in [9.17, 15) is 0 Å². The van der Waals surface area contributed by atoms with Gasteiger partial charge in [0.25, 0.3) is 0 Å². The van der Waals surface area contributed by atoms with Crippen LogP contribution in [0, 0.1) is 0 Å². The average Bonchev–Trinajstić information content (AvgIpc) is 2.04. The highest BCUT2D eigenvalue weighted by molar-refractivity contribution is 7.32. The summed E-state index contributed by atoms with van der Waals surface area (Å²) in [4.78, 5) is 0. The van der Waals surface area contributed by atoms with Gasteiger partial charge < -0.3 is 0 Å². The third-order valence-corrected chi connectivity index (χ3v) is 3.35. The molecular formula is C10H25N2P. The summed E-state index contributed by atoms with van der Waals surface area (Å²) in [7, 11) is 7.35. The molecule has 0 spiro atoms. The van der Waals surface area contributed by atoms with E-state index in [1.807, 2.05) is 0 Å². The van der Waals surface area contributed by atoms with Crippen molar-refractivity contribution in [2.45, 2.75) is 45.6 Å². The van der Waals surface area contributed by atoms with E-state index < -0.39 is 0 Å². The Morgan fingerprint density at radius 2 is 1.77 bits per heavy atom. The standard InChI is InChI=1S/C10H25N2P/c1-6-8-9-10(7-2)12(5)13-11(3)4/h10,13H,6-9H2,1-5H3/t10-/m0/s1. The lowest BCUT2D eigenvalue weighted by Crippen LogP contribution is -2.26. The van der Waals surface area contributed by atoms with Crippen LogP contribution in [0.15, 0.2) is 0 Å². The van der Waals surface area contributed by atoms with Crippen molar-refractivity contribution in [2.75, 3.05) is 21.1 Å². The molecule has 0 bridgehead atoms. The van der Waals surface area contributed by atoms with Crippen LogP contribution in [0.2, 0.25) is 0 Å². The molecule has 0 radical (unpaired) electrons. The van der Waals surface area contributed by atoms with Crippen molar-refractivity contribution in [3.05, 3.63) is 0 Å². The van der Waals surface area contributed by atoms with Gasteiger partial charge in [0.2, 0.25) is 0 Å². The maximum absolute atomic E-state index is 2.48. The minimum absolute atomic E-state index is 0.778. The highest BCUT2D eigenvalue weighted by Gasteiger charge is 2.12. The summed E-state index contributed by atoms with van der Waals surface area (Å²) >= 11 is 0. The molecule has 2 atom stereocenters. The summed E-state index contributed by atoms with van der Waals surface area (Å²) in [5.74, 6) is 0. The molecule has 13 heavy (non-hydrogen) atoms. The van der Waals surface area contributed by atoms with Crippen molar-refractivity contribution in [1.29, 1.82) is 0 Å². The predicted molar refractivity (Wildman–Crippen MR) is 63.4 cm³/mol. The molecule has 0 saturated heterocycles. The van der Waals surface area contributed by atoms with Gasteiger partial charge in [-0.2, -0.15) is 0 Å². The fraction of sp³-hybridized carbons (Fsp3) is 1.00. The molecule has 0 amide bonds. The Kier molecular flexibility index (Phi) is 7.93. The zero-order chi connectivity index (χ0) is 10.3. The molecule has 0 aliphatic rings. The molecule has 0 fully saturated rings. The monoisotopic (exact) mass is 204 g/mol. The maximum atomic E-state index is 2.48. The van der Waals surface area contributed by atoms with Gasteiger partial charge in [0.05, 0.1) is 0 Å². The van der Waals surface area contributed by atoms with Gasteiger partial charge in [-0.25, -0.2) is 0 Å². The van der Waals surface area contributed by atoms with E-state index in [0.29, 0.717) is 0 Å². The lowest BCUT2D eigenvalue weighted by Gasteiger charge is -2.29. The molecule has 0 N–H and O–H groups in total. The van der Waals surface area contributed by atoms with Crippen LogP contribution in [0.25, 0.3) is 0 Å². The second kappa shape index (κ2) is 7.73. The number of hydrogen-bond acceptors (Lipinski definition) is 2. The topological polar surface area (TPSA) is 6.48 Å². The molecule has 0 heterocycles. The van der Waals surface area contributed by atoms with Crippen molar-refractivity contribution in [3.8, 4) is 0 Å². The van der Waals surface area contributed by atoms with Gasteiger partial charge in [0, 0.05) is 14.9 Å². The Labute approximate surface area is 85.6 Å². The SMILES string of the molecule is CCCC[C@H](CC)N(C)PN(C)C. The number of nitrogens with zero attached hydrogens (tertiary/aromatic N) is 2. The Morgan fingerprint density at radius 3 is 2.15 bits per heavy atom. The van der Waals surface area contributed by atoms with Crippen LogP contribution in [0.5, 0.6) is 0 Å². The molecule has 0 aromatic heterocycles. The second-order valence-corrected chi connectivity index (χ2v) is 5.61. The zero-order valence-electron chi connectivity index (χ0n) is 9.80. The van der Waals surface area contributed by atoms with Crippen LogP contribution in [-0.4, -0.2) is 36.5 Å². The fourth-order valence-electron chi connectivity index (χ4n) is 1.51. The van der Waals surface area contributed by atoms with Gasteiger partial charge in [-0.15, -0.1) is 0 Å². The summed E-state index contributed by atoms with van der Waals surface area (Å²) in [5, 5.41) is 0. The normalized spacial score (nSPS) is 15.0. The van der Waals surface area contributed by atoms with E-state index in [4.69, 9.17) is 0 Å². The van der Waals surface area contributed by atoms with Crippen molar-refractivity contribution in [3.63, 3.8) is 0 Å². The molecular weight excluding hydrogens is 179 g/mol. The third kappa shape index (κ3) is 6.42. The first-order valence-electron chi connectivity index (χ1n) is 5.28. The number of unbranched alkanes of at least 4 members (excludes halogenated alkanes) is 1. The molecule has 0 aliphatic carbocycles. The fourth-order valence-corrected chi connectivity index (χ4v) is 2.61. The Morgan fingerprint density at radius 1 is 1.15 bits per heavy atom. The predicted octanol–water partition coefficient (Wildman–Crippen LogP) is 2.96. The van der Waals surface area contributed by atoms with Crippen molar-refractivity contribution < 1.29 is 0 Å². The van der Waals surface area contributed by atoms with Crippen LogP contribution < -0.4 is 0 Å². The molecule has 0 rings (SSSR count). The average molecular weight is 204 g/mol. The summed E-state index contributed by atoms with van der Waals surface area (Å²) in [6.45, 7) is 4.55. The second-order valence-electron chi connectivity index (χ2n) is 3.81. The highest BCUT2D eigenvalue weighted by atomic mass is 31.1. The zero-order valence-corrected chi connectivity index (χ0v) is 10.8. The summed E-state index contributed by atoms with van der Waals surface area (Å²) < 4.78 is 4.74. The first kappa shape index (κ1) is 13.4. The van der Waals surface area contributed by atoms with Crippen LogP contribution in [0.3, 0.4) is 0 Å². The van der Waals surface area contributed by atoms with E-state index in [1.54, 1.807) is 0 Å². The summed E-state index contributed by atoms with van der Waals surface area (Å²) in [6, 6.07) is 0.778. The van der Waals surface area contributed by atoms with Crippen LogP contribution >= 0.6 is 8.88 Å². The molecule has 3 heteroatoms. The van der Waals surface area contributed by atoms with Crippen LogP contribution in [0.4, 0.5) is 0 Å². The van der Waals surface area contributed by atoms with Gasteiger partial charge in [-0.3, -0.25) is 9.34 Å². The van der Waals surface area contributed by atoms with Crippen molar-refractivity contribution in [1.82, 2.24) is 9.34 Å². The largest absolute Gasteiger partial charge is 0.279 e. The number of rotatable bonds is 7. The van der Waals surface area contributed by atoms with E-state index in [2.05, 4.69) is 44.3 Å². The van der Waals surface area contributed by atoms with Gasteiger partial charge in [-0.1, -0.05) is 26.7 Å². The van der Waals surface area contributed by atoms with E-state index in [-0.39, 0.29) is 0 Å². The smallest absolute Gasteiger partial charge is 0.0234 e. The minimum atomic E-state index is 0.778. The van der Waals surface area contributed by atoms with Gasteiger partial charge >= 0.3 is 0 Å². The third-order valence-electron chi connectivity index (χ3n) is 2.27. The summed E-state index contributed by atoms with van der Waals surface area (Å²) in [5.41, 5.74) is 0. The molecule has 80 valence electrons. The van der Waals surface area contributed by atoms with Crippen LogP contribution in [0.1, 0.15) is 39.5 Å². The quantitative estimate of drug-likeness (QED) is 0.588. The molecule has 0 aromatic carbocycles. The molecule has 0 aliphatic heterocycles. The Hall–Kier alpha value is 0.350. The molecule has 0 saturated carbocycles. The minimum Gasteiger partial charge on any atom is -0.279 e. The highest BCUT2D eigenvalue weighted by Crippen LogP contribution is 2.24. The Bertz CT molecular complexity index is 117. The first-order valence-corrected chi connectivity index (χ1v) is 6.17. The molecule has 1 unspecified atom stereocenters. The maximum Gasteiger partial charge on any atom is 0.0234 e. The van der Waals surface area contributed by atoms with Gasteiger partial charge in [-0.05, 0) is 34.0 Å². The molecule has 2 nitrogen and oxygen atoms in total. The van der Waals surface area contributed by atoms with E-state index in [1.165, 1.54) is 25.7 Å². The van der Waals surface area contributed by atoms with E-state index >= 15 is 0 Å². The van der Waals surface area contributed by atoms with Crippen molar-refractivity contribution >= 4 is 8.88 Å².